The second-order valence-corrected chi connectivity index (χ2v) is 3.62. The van der Waals surface area contributed by atoms with Crippen LogP contribution in [-0.4, -0.2) is 11.1 Å². The summed E-state index contributed by atoms with van der Waals surface area (Å²) in [6.07, 6.45) is 4.44. The molecular weight excluding hydrogens is 212 g/mol. The first-order chi connectivity index (χ1) is 8.11. The Hall–Kier alpha value is -1.83. The number of carbonyl (C=O) groups is 1. The molecule has 0 spiro atoms. The van der Waals surface area contributed by atoms with Crippen LogP contribution in [-0.2, 0) is 4.79 Å². The number of hydrogen-bond donors (Lipinski definition) is 1. The maximum atomic E-state index is 9.25. The minimum absolute atomic E-state index is 0.833. The summed E-state index contributed by atoms with van der Waals surface area (Å²) < 4.78 is 0. The van der Waals surface area contributed by atoms with Gasteiger partial charge < -0.3 is 5.11 Å². The lowest BCUT2D eigenvalue weighted by Gasteiger charge is -2.03. The quantitative estimate of drug-likeness (QED) is 0.774. The van der Waals surface area contributed by atoms with Gasteiger partial charge in [-0.05, 0) is 24.0 Å². The molecule has 0 bridgehead atoms. The van der Waals surface area contributed by atoms with E-state index < -0.39 is 5.97 Å². The molecule has 0 amide bonds. The number of benzene rings is 1. The van der Waals surface area contributed by atoms with E-state index in [-0.39, 0.29) is 0 Å². The molecule has 1 rings (SSSR count). The van der Waals surface area contributed by atoms with Crippen molar-refractivity contribution < 1.29 is 9.90 Å². The fraction of sp³-hybridized carbons (Fsp3) is 0.267. The van der Waals surface area contributed by atoms with Gasteiger partial charge in [0.2, 0.25) is 0 Å². The average Bonchev–Trinajstić information content (AvgIpc) is 2.37. The van der Waals surface area contributed by atoms with Crippen molar-refractivity contribution in [1.29, 1.82) is 0 Å². The van der Waals surface area contributed by atoms with Gasteiger partial charge in [-0.1, -0.05) is 56.8 Å². The van der Waals surface area contributed by atoms with Crippen LogP contribution in [0.4, 0.5) is 0 Å². The Kier molecular flexibility index (Phi) is 8.39. The third-order valence-corrected chi connectivity index (χ3v) is 2.19. The molecule has 0 aliphatic carbocycles. The Balaban J connectivity index is 0.000000437. The van der Waals surface area contributed by atoms with Gasteiger partial charge in [0.25, 0.3) is 0 Å². The Morgan fingerprint density at radius 3 is 2.29 bits per heavy atom. The van der Waals surface area contributed by atoms with Gasteiger partial charge in [-0.25, -0.2) is 4.79 Å². The fourth-order valence-corrected chi connectivity index (χ4v) is 1.21. The molecule has 0 atom stereocenters. The molecule has 0 aliphatic rings. The molecule has 0 aromatic heterocycles. The van der Waals surface area contributed by atoms with Gasteiger partial charge in [-0.2, -0.15) is 0 Å². The van der Waals surface area contributed by atoms with E-state index in [4.69, 9.17) is 5.11 Å². The van der Waals surface area contributed by atoms with E-state index in [1.54, 1.807) is 0 Å². The molecule has 0 fully saturated rings. The minimum Gasteiger partial charge on any atom is -0.478 e. The summed E-state index contributed by atoms with van der Waals surface area (Å²) in [6, 6.07) is 10.4. The van der Waals surface area contributed by atoms with Crippen LogP contribution in [0, 0.1) is 0 Å². The Labute approximate surface area is 103 Å². The van der Waals surface area contributed by atoms with Gasteiger partial charge in [0.1, 0.15) is 0 Å². The first-order valence-electron chi connectivity index (χ1n) is 5.70. The van der Waals surface area contributed by atoms with Gasteiger partial charge in [-0.15, -0.1) is 0 Å². The number of allylic oxidation sites excluding steroid dienone is 1. The van der Waals surface area contributed by atoms with Crippen molar-refractivity contribution in [2.45, 2.75) is 26.2 Å². The van der Waals surface area contributed by atoms with Crippen molar-refractivity contribution in [2.75, 3.05) is 0 Å². The van der Waals surface area contributed by atoms with Crippen LogP contribution < -0.4 is 0 Å². The summed E-state index contributed by atoms with van der Waals surface area (Å²) in [7, 11) is 0. The van der Waals surface area contributed by atoms with E-state index in [0.717, 1.165) is 12.5 Å². The predicted octanol–water partition coefficient (Wildman–Crippen LogP) is 4.15. The second kappa shape index (κ2) is 9.40. The molecule has 2 heteroatoms. The number of carboxylic acid groups (broad SMARTS) is 1. The number of carboxylic acids is 1. The van der Waals surface area contributed by atoms with Crippen LogP contribution in [0.2, 0.25) is 0 Å². The fourth-order valence-electron chi connectivity index (χ4n) is 1.21. The topological polar surface area (TPSA) is 37.3 Å². The van der Waals surface area contributed by atoms with Crippen molar-refractivity contribution >= 4 is 11.5 Å². The predicted molar refractivity (Wildman–Crippen MR) is 72.8 cm³/mol. The summed E-state index contributed by atoms with van der Waals surface area (Å²) in [4.78, 5) is 9.25. The highest BCUT2D eigenvalue weighted by molar-refractivity contribution is 5.78. The molecule has 1 aromatic carbocycles. The van der Waals surface area contributed by atoms with E-state index in [9.17, 15) is 4.79 Å². The molecule has 1 N–H and O–H groups in total. The lowest BCUT2D eigenvalue weighted by Crippen LogP contribution is -1.82. The molecule has 0 saturated heterocycles. The average molecular weight is 232 g/mol. The van der Waals surface area contributed by atoms with Crippen molar-refractivity contribution in [2.24, 2.45) is 0 Å². The van der Waals surface area contributed by atoms with Crippen LogP contribution >= 0.6 is 0 Å². The highest BCUT2D eigenvalue weighted by Gasteiger charge is 1.95. The second-order valence-electron chi connectivity index (χ2n) is 3.62. The van der Waals surface area contributed by atoms with Crippen LogP contribution in [0.3, 0.4) is 0 Å². The third kappa shape index (κ3) is 8.03. The standard InChI is InChI=1S/C12H16.C3H4O2/c1-3-4-8-11(2)12-9-6-5-7-10-12;1-2-3(4)5/h5-7,9-10H,2-4,8H2,1H3;2H,1H2,(H,4,5). The van der Waals surface area contributed by atoms with Gasteiger partial charge in [0.15, 0.2) is 0 Å². The summed E-state index contributed by atoms with van der Waals surface area (Å²) in [5.41, 5.74) is 2.54. The van der Waals surface area contributed by atoms with Gasteiger partial charge in [0, 0.05) is 6.08 Å². The Bertz CT molecular complexity index is 352. The smallest absolute Gasteiger partial charge is 0.327 e. The maximum absolute atomic E-state index is 9.25. The molecule has 17 heavy (non-hydrogen) atoms. The summed E-state index contributed by atoms with van der Waals surface area (Å²) in [5.74, 6) is -0.981. The lowest BCUT2D eigenvalue weighted by molar-refractivity contribution is -0.131. The normalized spacial score (nSPS) is 8.76. The number of unbranched alkanes of at least 4 members (excludes halogenated alkanes) is 1. The van der Waals surface area contributed by atoms with Crippen LogP contribution in [0.5, 0.6) is 0 Å². The SMILES string of the molecule is C=C(CCCC)c1ccccc1.C=CC(=O)O. The summed E-state index contributed by atoms with van der Waals surface area (Å²) in [5, 5.41) is 7.60. The zero-order valence-electron chi connectivity index (χ0n) is 10.4. The van der Waals surface area contributed by atoms with Crippen LogP contribution in [0.1, 0.15) is 31.7 Å². The number of aliphatic carboxylic acids is 1. The molecule has 92 valence electrons. The third-order valence-electron chi connectivity index (χ3n) is 2.19. The molecule has 0 heterocycles. The van der Waals surface area contributed by atoms with Crippen LogP contribution in [0.25, 0.3) is 5.57 Å². The highest BCUT2D eigenvalue weighted by Crippen LogP contribution is 2.17. The first-order valence-corrected chi connectivity index (χ1v) is 5.70. The van der Waals surface area contributed by atoms with Crippen molar-refractivity contribution in [3.05, 3.63) is 55.1 Å². The zero-order valence-corrected chi connectivity index (χ0v) is 10.4. The van der Waals surface area contributed by atoms with Crippen LogP contribution in [0.15, 0.2) is 49.6 Å². The Morgan fingerprint density at radius 2 is 1.88 bits per heavy atom. The maximum Gasteiger partial charge on any atom is 0.327 e. The first kappa shape index (κ1) is 15.2. The Morgan fingerprint density at radius 1 is 1.35 bits per heavy atom. The van der Waals surface area contributed by atoms with Crippen molar-refractivity contribution in [3.8, 4) is 0 Å². The number of hydrogen-bond acceptors (Lipinski definition) is 1. The van der Waals surface area contributed by atoms with Gasteiger partial charge in [0.05, 0.1) is 0 Å². The molecule has 0 radical (unpaired) electrons. The van der Waals surface area contributed by atoms with E-state index >= 15 is 0 Å². The molecular formula is C15H20O2. The van der Waals surface area contributed by atoms with Gasteiger partial charge >= 0.3 is 5.97 Å². The van der Waals surface area contributed by atoms with Gasteiger partial charge in [-0.3, -0.25) is 0 Å². The molecule has 0 aliphatic heterocycles. The lowest BCUT2D eigenvalue weighted by atomic mass is 10.0. The summed E-state index contributed by atoms with van der Waals surface area (Å²) in [6.45, 7) is 9.23. The highest BCUT2D eigenvalue weighted by atomic mass is 16.4. The zero-order chi connectivity index (χ0) is 13.1. The molecule has 2 nitrogen and oxygen atoms in total. The summed E-state index contributed by atoms with van der Waals surface area (Å²) >= 11 is 0. The van der Waals surface area contributed by atoms with Crippen molar-refractivity contribution in [3.63, 3.8) is 0 Å². The van der Waals surface area contributed by atoms with E-state index in [1.165, 1.54) is 24.0 Å². The van der Waals surface area contributed by atoms with E-state index in [0.29, 0.717) is 0 Å². The van der Waals surface area contributed by atoms with E-state index in [1.807, 2.05) is 6.07 Å². The minimum atomic E-state index is -0.981. The van der Waals surface area contributed by atoms with E-state index in [2.05, 4.69) is 44.3 Å². The largest absolute Gasteiger partial charge is 0.478 e. The molecule has 0 unspecified atom stereocenters. The monoisotopic (exact) mass is 232 g/mol. The van der Waals surface area contributed by atoms with Crippen molar-refractivity contribution in [1.82, 2.24) is 0 Å². The number of rotatable bonds is 5. The molecule has 1 aromatic rings. The molecule has 0 saturated carbocycles.